The Morgan fingerprint density at radius 1 is 1.14 bits per heavy atom. The van der Waals surface area contributed by atoms with Crippen LogP contribution in [-0.2, 0) is 14.3 Å². The summed E-state index contributed by atoms with van der Waals surface area (Å²) in [5.41, 5.74) is 0. The summed E-state index contributed by atoms with van der Waals surface area (Å²) in [6.45, 7) is 0.653. The number of carbonyl (C=O) groups is 2. The van der Waals surface area contributed by atoms with E-state index in [9.17, 15) is 9.59 Å². The van der Waals surface area contributed by atoms with E-state index >= 15 is 0 Å². The van der Waals surface area contributed by atoms with E-state index in [1.165, 1.54) is 32.1 Å². The van der Waals surface area contributed by atoms with Gasteiger partial charge in [0.2, 0.25) is 5.91 Å². The number of rotatable bonds is 7. The number of carboxylic acids is 1. The standard InChI is InChI=1S/C16H27NO4/c18-15(19)9-8-13(11-12-5-2-1-3-6-12)17-16(20)14-7-4-10-21-14/h12-14H,1-11H2,(H,17,20)(H,18,19). The van der Waals surface area contributed by atoms with Gasteiger partial charge >= 0.3 is 5.97 Å². The molecule has 2 rings (SSSR count). The van der Waals surface area contributed by atoms with Crippen molar-refractivity contribution in [3.63, 3.8) is 0 Å². The van der Waals surface area contributed by atoms with Gasteiger partial charge in [0, 0.05) is 19.1 Å². The molecular weight excluding hydrogens is 270 g/mol. The number of hydrogen-bond donors (Lipinski definition) is 2. The van der Waals surface area contributed by atoms with E-state index in [4.69, 9.17) is 9.84 Å². The Hall–Kier alpha value is -1.10. The molecule has 0 aromatic rings. The molecule has 0 radical (unpaired) electrons. The fourth-order valence-electron chi connectivity index (χ4n) is 3.45. The van der Waals surface area contributed by atoms with Crippen LogP contribution in [0.3, 0.4) is 0 Å². The average molecular weight is 297 g/mol. The summed E-state index contributed by atoms with van der Waals surface area (Å²) in [6.07, 6.45) is 9.16. The van der Waals surface area contributed by atoms with Crippen molar-refractivity contribution in [2.24, 2.45) is 5.92 Å². The number of ether oxygens (including phenoxy) is 1. The van der Waals surface area contributed by atoms with Crippen LogP contribution in [0.25, 0.3) is 0 Å². The third-order valence-corrected chi connectivity index (χ3v) is 4.62. The number of hydrogen-bond acceptors (Lipinski definition) is 3. The Bertz CT molecular complexity index is 346. The highest BCUT2D eigenvalue weighted by Gasteiger charge is 2.27. The molecule has 1 amide bonds. The number of nitrogens with one attached hydrogen (secondary N) is 1. The normalized spacial score (nSPS) is 24.7. The van der Waals surface area contributed by atoms with E-state index < -0.39 is 5.97 Å². The molecule has 1 aliphatic heterocycles. The number of amides is 1. The van der Waals surface area contributed by atoms with Crippen molar-refractivity contribution >= 4 is 11.9 Å². The van der Waals surface area contributed by atoms with Crippen molar-refractivity contribution in [2.75, 3.05) is 6.61 Å². The summed E-state index contributed by atoms with van der Waals surface area (Å²) in [5.74, 6) is -0.226. The van der Waals surface area contributed by atoms with Crippen LogP contribution in [0.4, 0.5) is 0 Å². The van der Waals surface area contributed by atoms with Crippen molar-refractivity contribution in [1.82, 2.24) is 5.32 Å². The number of aliphatic carboxylic acids is 1. The van der Waals surface area contributed by atoms with Crippen molar-refractivity contribution < 1.29 is 19.4 Å². The molecule has 2 aliphatic rings. The van der Waals surface area contributed by atoms with E-state index in [0.29, 0.717) is 18.9 Å². The van der Waals surface area contributed by atoms with Gasteiger partial charge in [0.1, 0.15) is 6.10 Å². The van der Waals surface area contributed by atoms with Gasteiger partial charge in [-0.15, -0.1) is 0 Å². The Labute approximate surface area is 126 Å². The first-order valence-electron chi connectivity index (χ1n) is 8.29. The van der Waals surface area contributed by atoms with Crippen molar-refractivity contribution in [2.45, 2.75) is 76.4 Å². The lowest BCUT2D eigenvalue weighted by molar-refractivity contribution is -0.138. The van der Waals surface area contributed by atoms with Crippen LogP contribution < -0.4 is 5.32 Å². The second-order valence-electron chi connectivity index (χ2n) is 6.38. The molecule has 0 spiro atoms. The second-order valence-corrected chi connectivity index (χ2v) is 6.38. The van der Waals surface area contributed by atoms with Gasteiger partial charge in [0.25, 0.3) is 0 Å². The Kier molecular flexibility index (Phi) is 6.49. The van der Waals surface area contributed by atoms with Crippen LogP contribution in [0, 0.1) is 5.92 Å². The van der Waals surface area contributed by atoms with Gasteiger partial charge < -0.3 is 15.2 Å². The van der Waals surface area contributed by atoms with Gasteiger partial charge in [-0.05, 0) is 31.6 Å². The highest BCUT2D eigenvalue weighted by Crippen LogP contribution is 2.28. The first-order chi connectivity index (χ1) is 10.1. The third kappa shape index (κ3) is 5.65. The summed E-state index contributed by atoms with van der Waals surface area (Å²) >= 11 is 0. The Morgan fingerprint density at radius 2 is 1.90 bits per heavy atom. The van der Waals surface area contributed by atoms with E-state index in [0.717, 1.165) is 19.3 Å². The summed E-state index contributed by atoms with van der Waals surface area (Å²) < 4.78 is 5.40. The van der Waals surface area contributed by atoms with E-state index in [1.807, 2.05) is 0 Å². The molecule has 2 atom stereocenters. The van der Waals surface area contributed by atoms with E-state index in [-0.39, 0.29) is 24.5 Å². The molecule has 0 aromatic heterocycles. The molecule has 21 heavy (non-hydrogen) atoms. The van der Waals surface area contributed by atoms with Crippen LogP contribution in [-0.4, -0.2) is 35.7 Å². The van der Waals surface area contributed by atoms with Gasteiger partial charge in [0.15, 0.2) is 0 Å². The van der Waals surface area contributed by atoms with Crippen LogP contribution in [0.1, 0.15) is 64.2 Å². The van der Waals surface area contributed by atoms with Crippen molar-refractivity contribution in [3.05, 3.63) is 0 Å². The number of carbonyl (C=O) groups excluding carboxylic acids is 1. The van der Waals surface area contributed by atoms with E-state index in [1.54, 1.807) is 0 Å². The maximum Gasteiger partial charge on any atom is 0.303 e. The summed E-state index contributed by atoms with van der Waals surface area (Å²) in [6, 6.07) is -0.0269. The Balaban J connectivity index is 1.83. The molecule has 1 heterocycles. The van der Waals surface area contributed by atoms with Crippen LogP contribution in [0.15, 0.2) is 0 Å². The molecule has 120 valence electrons. The lowest BCUT2D eigenvalue weighted by Gasteiger charge is -2.27. The molecular formula is C16H27NO4. The fourth-order valence-corrected chi connectivity index (χ4v) is 3.45. The SMILES string of the molecule is O=C(O)CCC(CC1CCCCC1)NC(=O)C1CCCO1. The van der Waals surface area contributed by atoms with Gasteiger partial charge in [-0.1, -0.05) is 32.1 Å². The minimum atomic E-state index is -0.796. The van der Waals surface area contributed by atoms with Gasteiger partial charge in [-0.3, -0.25) is 9.59 Å². The van der Waals surface area contributed by atoms with Gasteiger partial charge in [-0.25, -0.2) is 0 Å². The van der Waals surface area contributed by atoms with Gasteiger partial charge in [0.05, 0.1) is 0 Å². The van der Waals surface area contributed by atoms with Crippen LogP contribution >= 0.6 is 0 Å². The third-order valence-electron chi connectivity index (χ3n) is 4.62. The summed E-state index contributed by atoms with van der Waals surface area (Å²) in [5, 5.41) is 11.9. The smallest absolute Gasteiger partial charge is 0.303 e. The highest BCUT2D eigenvalue weighted by atomic mass is 16.5. The quantitative estimate of drug-likeness (QED) is 0.757. The maximum absolute atomic E-state index is 12.2. The largest absolute Gasteiger partial charge is 0.481 e. The van der Waals surface area contributed by atoms with Crippen LogP contribution in [0.5, 0.6) is 0 Å². The maximum atomic E-state index is 12.2. The topological polar surface area (TPSA) is 75.6 Å². The van der Waals surface area contributed by atoms with Crippen molar-refractivity contribution in [3.8, 4) is 0 Å². The molecule has 5 heteroatoms. The summed E-state index contributed by atoms with van der Waals surface area (Å²) in [7, 11) is 0. The fraction of sp³-hybridized carbons (Fsp3) is 0.875. The lowest BCUT2D eigenvalue weighted by Crippen LogP contribution is -2.42. The molecule has 1 aliphatic carbocycles. The molecule has 2 unspecified atom stereocenters. The molecule has 2 N–H and O–H groups in total. The first-order valence-corrected chi connectivity index (χ1v) is 8.29. The highest BCUT2D eigenvalue weighted by molar-refractivity contribution is 5.81. The lowest BCUT2D eigenvalue weighted by atomic mass is 9.84. The zero-order valence-corrected chi connectivity index (χ0v) is 12.7. The molecule has 2 fully saturated rings. The van der Waals surface area contributed by atoms with Crippen LogP contribution in [0.2, 0.25) is 0 Å². The predicted molar refractivity (Wildman–Crippen MR) is 79.0 cm³/mol. The average Bonchev–Trinajstić information content (AvgIpc) is 3.00. The minimum absolute atomic E-state index is 0.0269. The predicted octanol–water partition coefficient (Wildman–Crippen LogP) is 2.49. The zero-order valence-electron chi connectivity index (χ0n) is 12.7. The number of carboxylic acid groups (broad SMARTS) is 1. The zero-order chi connectivity index (χ0) is 15.1. The van der Waals surface area contributed by atoms with E-state index in [2.05, 4.69) is 5.32 Å². The molecule has 5 nitrogen and oxygen atoms in total. The minimum Gasteiger partial charge on any atom is -0.481 e. The molecule has 1 saturated carbocycles. The monoisotopic (exact) mass is 297 g/mol. The molecule has 0 aromatic carbocycles. The second kappa shape index (κ2) is 8.37. The summed E-state index contributed by atoms with van der Waals surface area (Å²) in [4.78, 5) is 23.0. The van der Waals surface area contributed by atoms with Crippen molar-refractivity contribution in [1.29, 1.82) is 0 Å². The Morgan fingerprint density at radius 3 is 2.52 bits per heavy atom. The molecule has 0 bridgehead atoms. The first kappa shape index (κ1) is 16.3. The molecule has 1 saturated heterocycles. The van der Waals surface area contributed by atoms with Gasteiger partial charge in [-0.2, -0.15) is 0 Å².